The van der Waals surface area contributed by atoms with E-state index in [-0.39, 0.29) is 5.82 Å². The largest absolute Gasteiger partial charge is 0.384 e. The second kappa shape index (κ2) is 4.98. The summed E-state index contributed by atoms with van der Waals surface area (Å²) in [5.41, 5.74) is 1.67. The summed E-state index contributed by atoms with van der Waals surface area (Å²) >= 11 is 5.24. The Hall–Kier alpha value is -1.20. The van der Waals surface area contributed by atoms with Crippen LogP contribution in [-0.4, -0.2) is 23.3 Å². The molecule has 1 unspecified atom stereocenters. The van der Waals surface area contributed by atoms with E-state index in [0.717, 1.165) is 17.6 Å². The first-order chi connectivity index (χ1) is 8.11. The van der Waals surface area contributed by atoms with Crippen LogP contribution >= 0.6 is 12.2 Å². The van der Waals surface area contributed by atoms with Gasteiger partial charge in [-0.25, -0.2) is 4.39 Å². The summed E-state index contributed by atoms with van der Waals surface area (Å²) in [6, 6.07) is 4.63. The van der Waals surface area contributed by atoms with Gasteiger partial charge in [-0.15, -0.1) is 0 Å². The van der Waals surface area contributed by atoms with Gasteiger partial charge in [-0.1, -0.05) is 6.92 Å². The monoisotopic (exact) mass is 254 g/mol. The standard InChI is InChI=1S/C12H15FN2OS/c1-8(7-16-2)6-15-11-5-9(13)3-4-10(11)14-12(15)17/h3-5,8H,6-7H2,1-2H3,(H,14,17). The maximum Gasteiger partial charge on any atom is 0.178 e. The predicted octanol–water partition coefficient (Wildman–Crippen LogP) is 3.12. The highest BCUT2D eigenvalue weighted by atomic mass is 32.1. The van der Waals surface area contributed by atoms with E-state index in [1.54, 1.807) is 13.2 Å². The summed E-state index contributed by atoms with van der Waals surface area (Å²) < 4.78 is 20.9. The minimum atomic E-state index is -0.250. The Morgan fingerprint density at radius 3 is 3.00 bits per heavy atom. The van der Waals surface area contributed by atoms with Crippen molar-refractivity contribution in [2.45, 2.75) is 13.5 Å². The number of aromatic amines is 1. The Bertz CT molecular complexity index is 575. The van der Waals surface area contributed by atoms with E-state index in [9.17, 15) is 4.39 Å². The Morgan fingerprint density at radius 1 is 1.53 bits per heavy atom. The van der Waals surface area contributed by atoms with E-state index in [1.165, 1.54) is 12.1 Å². The molecule has 0 fully saturated rings. The van der Waals surface area contributed by atoms with Crippen molar-refractivity contribution < 1.29 is 9.13 Å². The molecule has 0 aliphatic rings. The number of nitrogens with one attached hydrogen (secondary N) is 1. The molecule has 0 bridgehead atoms. The maximum absolute atomic E-state index is 13.2. The molecule has 0 aliphatic carbocycles. The zero-order chi connectivity index (χ0) is 12.4. The number of methoxy groups -OCH3 is 1. The lowest BCUT2D eigenvalue weighted by atomic mass is 10.2. The number of ether oxygens (including phenoxy) is 1. The molecular weight excluding hydrogens is 239 g/mol. The number of hydrogen-bond donors (Lipinski definition) is 1. The summed E-state index contributed by atoms with van der Waals surface area (Å²) in [7, 11) is 1.67. The second-order valence-corrected chi connectivity index (χ2v) is 4.65. The van der Waals surface area contributed by atoms with Crippen LogP contribution in [0.3, 0.4) is 0 Å². The number of H-pyrrole nitrogens is 1. The Morgan fingerprint density at radius 2 is 2.29 bits per heavy atom. The van der Waals surface area contributed by atoms with Gasteiger partial charge in [-0.05, 0) is 36.3 Å². The van der Waals surface area contributed by atoms with Gasteiger partial charge in [0.1, 0.15) is 5.82 Å². The lowest BCUT2D eigenvalue weighted by Gasteiger charge is -2.11. The van der Waals surface area contributed by atoms with Crippen molar-refractivity contribution in [3.05, 3.63) is 28.8 Å². The van der Waals surface area contributed by atoms with Gasteiger partial charge in [-0.2, -0.15) is 0 Å². The number of halogens is 1. The predicted molar refractivity (Wildman–Crippen MR) is 68.1 cm³/mol. The van der Waals surface area contributed by atoms with Crippen molar-refractivity contribution in [3.63, 3.8) is 0 Å². The summed E-state index contributed by atoms with van der Waals surface area (Å²) in [5, 5.41) is 0. The van der Waals surface area contributed by atoms with Crippen molar-refractivity contribution in [1.82, 2.24) is 9.55 Å². The Labute approximate surface area is 104 Å². The lowest BCUT2D eigenvalue weighted by molar-refractivity contribution is 0.152. The zero-order valence-electron chi connectivity index (χ0n) is 9.87. The van der Waals surface area contributed by atoms with Crippen molar-refractivity contribution in [2.75, 3.05) is 13.7 Å². The van der Waals surface area contributed by atoms with Crippen LogP contribution in [0.1, 0.15) is 6.92 Å². The lowest BCUT2D eigenvalue weighted by Crippen LogP contribution is -2.12. The number of imidazole rings is 1. The highest BCUT2D eigenvalue weighted by molar-refractivity contribution is 7.71. The fraction of sp³-hybridized carbons (Fsp3) is 0.417. The van der Waals surface area contributed by atoms with Crippen LogP contribution < -0.4 is 0 Å². The maximum atomic E-state index is 13.2. The van der Waals surface area contributed by atoms with Gasteiger partial charge in [0.2, 0.25) is 0 Å². The summed E-state index contributed by atoms with van der Waals surface area (Å²) in [5.74, 6) is 0.0774. The molecule has 1 heterocycles. The van der Waals surface area contributed by atoms with Crippen molar-refractivity contribution in [2.24, 2.45) is 5.92 Å². The first-order valence-electron chi connectivity index (χ1n) is 5.49. The van der Waals surface area contributed by atoms with Gasteiger partial charge < -0.3 is 14.3 Å². The molecule has 0 aliphatic heterocycles. The third-order valence-corrected chi connectivity index (χ3v) is 3.01. The molecule has 2 rings (SSSR count). The molecule has 5 heteroatoms. The van der Waals surface area contributed by atoms with Crippen LogP contribution in [0.2, 0.25) is 0 Å². The zero-order valence-corrected chi connectivity index (χ0v) is 10.7. The highest BCUT2D eigenvalue weighted by Gasteiger charge is 2.09. The topological polar surface area (TPSA) is 29.9 Å². The van der Waals surface area contributed by atoms with E-state index >= 15 is 0 Å². The number of nitrogens with zero attached hydrogens (tertiary/aromatic N) is 1. The van der Waals surface area contributed by atoms with Gasteiger partial charge in [0.25, 0.3) is 0 Å². The van der Waals surface area contributed by atoms with Crippen molar-refractivity contribution in [1.29, 1.82) is 0 Å². The van der Waals surface area contributed by atoms with Gasteiger partial charge in [0.05, 0.1) is 17.6 Å². The van der Waals surface area contributed by atoms with Crippen LogP contribution in [0.25, 0.3) is 11.0 Å². The third-order valence-electron chi connectivity index (χ3n) is 2.68. The van der Waals surface area contributed by atoms with E-state index in [0.29, 0.717) is 17.3 Å². The molecular formula is C12H15FN2OS. The first-order valence-corrected chi connectivity index (χ1v) is 5.89. The summed E-state index contributed by atoms with van der Waals surface area (Å²) in [4.78, 5) is 3.07. The molecule has 0 saturated heterocycles. The van der Waals surface area contributed by atoms with Crippen LogP contribution in [0.5, 0.6) is 0 Å². The number of benzene rings is 1. The minimum absolute atomic E-state index is 0.250. The normalized spacial score (nSPS) is 13.1. The van der Waals surface area contributed by atoms with Gasteiger partial charge in [0, 0.05) is 13.7 Å². The van der Waals surface area contributed by atoms with Crippen LogP contribution in [-0.2, 0) is 11.3 Å². The minimum Gasteiger partial charge on any atom is -0.384 e. The van der Waals surface area contributed by atoms with Crippen LogP contribution in [0.4, 0.5) is 4.39 Å². The fourth-order valence-electron chi connectivity index (χ4n) is 1.96. The Balaban J connectivity index is 2.42. The molecule has 0 radical (unpaired) electrons. The van der Waals surface area contributed by atoms with Crippen molar-refractivity contribution in [3.8, 4) is 0 Å². The first kappa shape index (κ1) is 12.3. The smallest absolute Gasteiger partial charge is 0.178 e. The molecule has 1 atom stereocenters. The molecule has 92 valence electrons. The molecule has 1 aromatic heterocycles. The van der Waals surface area contributed by atoms with Crippen LogP contribution in [0, 0.1) is 16.5 Å². The molecule has 3 nitrogen and oxygen atoms in total. The van der Waals surface area contributed by atoms with E-state index < -0.39 is 0 Å². The number of rotatable bonds is 4. The molecule has 17 heavy (non-hydrogen) atoms. The summed E-state index contributed by atoms with van der Waals surface area (Å²) in [6.07, 6.45) is 0. The average molecular weight is 254 g/mol. The van der Waals surface area contributed by atoms with Crippen molar-refractivity contribution >= 4 is 23.3 Å². The van der Waals surface area contributed by atoms with E-state index in [1.807, 2.05) is 4.57 Å². The SMILES string of the molecule is COCC(C)Cn1c(=S)[nH]c2ccc(F)cc21. The quantitative estimate of drug-likeness (QED) is 0.850. The third kappa shape index (κ3) is 2.56. The molecule has 0 saturated carbocycles. The Kier molecular flexibility index (Phi) is 3.59. The van der Waals surface area contributed by atoms with E-state index in [4.69, 9.17) is 17.0 Å². The van der Waals surface area contributed by atoms with E-state index in [2.05, 4.69) is 11.9 Å². The summed E-state index contributed by atoms with van der Waals surface area (Å²) in [6.45, 7) is 3.45. The molecule has 1 N–H and O–H groups in total. The number of aromatic nitrogens is 2. The average Bonchev–Trinajstić information content (AvgIpc) is 2.56. The van der Waals surface area contributed by atoms with Gasteiger partial charge in [0.15, 0.2) is 4.77 Å². The molecule has 0 spiro atoms. The second-order valence-electron chi connectivity index (χ2n) is 4.26. The number of hydrogen-bond acceptors (Lipinski definition) is 2. The van der Waals surface area contributed by atoms with Gasteiger partial charge in [-0.3, -0.25) is 0 Å². The molecule has 2 aromatic rings. The molecule has 0 amide bonds. The van der Waals surface area contributed by atoms with Gasteiger partial charge >= 0.3 is 0 Å². The number of fused-ring (bicyclic) bond motifs is 1. The fourth-order valence-corrected chi connectivity index (χ4v) is 2.24. The van der Waals surface area contributed by atoms with Crippen LogP contribution in [0.15, 0.2) is 18.2 Å². The molecule has 1 aromatic carbocycles. The highest BCUT2D eigenvalue weighted by Crippen LogP contribution is 2.17.